The van der Waals surface area contributed by atoms with E-state index in [1.807, 2.05) is 0 Å². The van der Waals surface area contributed by atoms with Crippen molar-refractivity contribution in [2.75, 3.05) is 39.3 Å². The highest BCUT2D eigenvalue weighted by molar-refractivity contribution is 5.14. The van der Waals surface area contributed by atoms with Gasteiger partial charge in [0.15, 0.2) is 0 Å². The smallest absolute Gasteiger partial charge is 0.0205 e. The maximum Gasteiger partial charge on any atom is 0.0205 e. The summed E-state index contributed by atoms with van der Waals surface area (Å²) in [6, 6.07) is 21.3. The first-order valence-corrected chi connectivity index (χ1v) is 12.3. The van der Waals surface area contributed by atoms with Gasteiger partial charge in [0.05, 0.1) is 0 Å². The van der Waals surface area contributed by atoms with Crippen molar-refractivity contribution in [1.82, 2.24) is 21.3 Å². The third-order valence-corrected chi connectivity index (χ3v) is 6.14. The van der Waals surface area contributed by atoms with E-state index >= 15 is 0 Å². The summed E-state index contributed by atoms with van der Waals surface area (Å²) in [7, 11) is 0. The van der Waals surface area contributed by atoms with E-state index < -0.39 is 0 Å². The Kier molecular flexibility index (Phi) is 11.7. The van der Waals surface area contributed by atoms with Gasteiger partial charge >= 0.3 is 0 Å². The topological polar surface area (TPSA) is 48.1 Å². The molecule has 4 heteroatoms. The summed E-state index contributed by atoms with van der Waals surface area (Å²) in [5.74, 6) is 1.80. The first kappa shape index (κ1) is 23.9. The summed E-state index contributed by atoms with van der Waals surface area (Å²) in [6.45, 7) is 8.88. The normalized spacial score (nSPS) is 17.7. The average Bonchev–Trinajstić information content (AvgIpc) is 3.57. The van der Waals surface area contributed by atoms with Gasteiger partial charge in [-0.3, -0.25) is 0 Å². The monoisotopic (exact) mass is 422 g/mol. The second kappa shape index (κ2) is 15.1. The van der Waals surface area contributed by atoms with Gasteiger partial charge in [-0.15, -0.1) is 0 Å². The lowest BCUT2D eigenvalue weighted by Crippen LogP contribution is -2.23. The number of hydrogen-bond acceptors (Lipinski definition) is 4. The van der Waals surface area contributed by atoms with E-state index in [-0.39, 0.29) is 0 Å². The molecule has 0 aliphatic heterocycles. The Labute approximate surface area is 189 Å². The fourth-order valence-corrected chi connectivity index (χ4v) is 4.04. The molecule has 1 aliphatic carbocycles. The lowest BCUT2D eigenvalue weighted by molar-refractivity contribution is 0.529. The van der Waals surface area contributed by atoms with Crippen molar-refractivity contribution in [2.45, 2.75) is 45.2 Å². The predicted octanol–water partition coefficient (Wildman–Crippen LogP) is 3.94. The molecule has 0 amide bonds. The molecule has 0 spiro atoms. The average molecular weight is 423 g/mol. The highest BCUT2D eigenvalue weighted by atomic mass is 14.9. The number of hydrogen-bond donors (Lipinski definition) is 4. The van der Waals surface area contributed by atoms with Gasteiger partial charge in [-0.05, 0) is 94.3 Å². The summed E-state index contributed by atoms with van der Waals surface area (Å²) in [4.78, 5) is 0. The molecular weight excluding hydrogens is 380 g/mol. The molecule has 0 aromatic heterocycles. The van der Waals surface area contributed by atoms with Crippen molar-refractivity contribution in [3.63, 3.8) is 0 Å². The molecule has 3 rings (SSSR count). The van der Waals surface area contributed by atoms with Crippen molar-refractivity contribution in [1.29, 1.82) is 0 Å². The molecule has 2 aromatic carbocycles. The molecule has 1 saturated carbocycles. The van der Waals surface area contributed by atoms with Crippen molar-refractivity contribution >= 4 is 0 Å². The van der Waals surface area contributed by atoms with E-state index in [4.69, 9.17) is 0 Å². The van der Waals surface area contributed by atoms with Gasteiger partial charge in [-0.25, -0.2) is 0 Å². The van der Waals surface area contributed by atoms with Crippen LogP contribution in [0.4, 0.5) is 0 Å². The van der Waals surface area contributed by atoms with Crippen molar-refractivity contribution in [2.24, 2.45) is 11.8 Å². The minimum Gasteiger partial charge on any atom is -0.316 e. The van der Waals surface area contributed by atoms with E-state index in [1.54, 1.807) is 0 Å². The summed E-state index contributed by atoms with van der Waals surface area (Å²) in [5, 5.41) is 14.4. The molecule has 31 heavy (non-hydrogen) atoms. The van der Waals surface area contributed by atoms with Gasteiger partial charge < -0.3 is 21.3 Å². The summed E-state index contributed by atoms with van der Waals surface area (Å²) in [5.41, 5.74) is 2.74. The van der Waals surface area contributed by atoms with Gasteiger partial charge in [0.25, 0.3) is 0 Å². The fourth-order valence-electron chi connectivity index (χ4n) is 4.04. The molecule has 1 aliphatic rings. The van der Waals surface area contributed by atoms with Crippen LogP contribution >= 0.6 is 0 Å². The van der Waals surface area contributed by atoms with E-state index in [9.17, 15) is 0 Å². The van der Waals surface area contributed by atoms with Crippen LogP contribution in [0.15, 0.2) is 60.7 Å². The number of unbranched alkanes of at least 4 members (excludes halogenated alkanes) is 2. The summed E-state index contributed by atoms with van der Waals surface area (Å²) >= 11 is 0. The van der Waals surface area contributed by atoms with E-state index in [1.165, 1.54) is 56.3 Å². The number of nitrogens with one attached hydrogen (secondary N) is 4. The molecular formula is C27H42N4. The van der Waals surface area contributed by atoms with Gasteiger partial charge in [-0.1, -0.05) is 60.7 Å². The molecule has 4 nitrogen and oxygen atoms in total. The van der Waals surface area contributed by atoms with Crippen molar-refractivity contribution < 1.29 is 0 Å². The van der Waals surface area contributed by atoms with E-state index in [0.29, 0.717) is 0 Å². The van der Waals surface area contributed by atoms with Crippen LogP contribution in [-0.4, -0.2) is 39.3 Å². The van der Waals surface area contributed by atoms with Crippen molar-refractivity contribution in [3.8, 4) is 0 Å². The maximum atomic E-state index is 3.66. The Morgan fingerprint density at radius 2 is 0.903 bits per heavy atom. The van der Waals surface area contributed by atoms with Crippen LogP contribution in [0.1, 0.15) is 43.2 Å². The minimum atomic E-state index is 0.899. The lowest BCUT2D eigenvalue weighted by Gasteiger charge is -2.07. The Bertz CT molecular complexity index is 617. The van der Waals surface area contributed by atoms with Gasteiger partial charge in [-0.2, -0.15) is 0 Å². The second-order valence-electron chi connectivity index (χ2n) is 8.90. The van der Waals surface area contributed by atoms with Crippen LogP contribution in [0.2, 0.25) is 0 Å². The number of benzene rings is 2. The van der Waals surface area contributed by atoms with Crippen molar-refractivity contribution in [3.05, 3.63) is 71.8 Å². The molecule has 0 radical (unpaired) electrons. The molecule has 0 bridgehead atoms. The Hall–Kier alpha value is -1.72. The molecule has 0 saturated heterocycles. The van der Waals surface area contributed by atoms with Crippen LogP contribution in [0.3, 0.4) is 0 Å². The molecule has 0 heterocycles. The standard InChI is InChI=1S/C27H42N4/c1-3-11-24(12-4-1)20-28-15-7-9-17-30-22-26-19-27(26)23-31-18-10-8-16-29-21-25-13-5-2-6-14-25/h1-6,11-14,26-31H,7-10,15-23H2/t26-,27+. The highest BCUT2D eigenvalue weighted by Gasteiger charge is 2.35. The largest absolute Gasteiger partial charge is 0.316 e. The van der Waals surface area contributed by atoms with Gasteiger partial charge in [0.2, 0.25) is 0 Å². The van der Waals surface area contributed by atoms with Gasteiger partial charge in [0, 0.05) is 13.1 Å². The lowest BCUT2D eigenvalue weighted by atomic mass is 10.2. The fraction of sp³-hybridized carbons (Fsp3) is 0.556. The maximum absolute atomic E-state index is 3.66. The van der Waals surface area contributed by atoms with Crippen LogP contribution < -0.4 is 21.3 Å². The van der Waals surface area contributed by atoms with E-state index in [2.05, 4.69) is 81.9 Å². The third kappa shape index (κ3) is 10.9. The zero-order valence-electron chi connectivity index (χ0n) is 19.1. The zero-order valence-corrected chi connectivity index (χ0v) is 19.1. The van der Waals surface area contributed by atoms with Crippen LogP contribution in [0.25, 0.3) is 0 Å². The molecule has 0 unspecified atom stereocenters. The van der Waals surface area contributed by atoms with Crippen LogP contribution in [0, 0.1) is 11.8 Å². The SMILES string of the molecule is c1ccc(CNCCCCNC[C@@H]2C[C@@H]2CNCCCCNCc2ccccc2)cc1. The highest BCUT2D eigenvalue weighted by Crippen LogP contribution is 2.37. The minimum absolute atomic E-state index is 0.899. The Morgan fingerprint density at radius 3 is 1.32 bits per heavy atom. The molecule has 2 atom stereocenters. The van der Waals surface area contributed by atoms with Crippen LogP contribution in [0.5, 0.6) is 0 Å². The summed E-state index contributed by atoms with van der Waals surface area (Å²) < 4.78 is 0. The quantitative estimate of drug-likeness (QED) is 0.275. The first-order chi connectivity index (χ1) is 15.4. The Balaban J connectivity index is 1.03. The first-order valence-electron chi connectivity index (χ1n) is 12.3. The predicted molar refractivity (Wildman–Crippen MR) is 132 cm³/mol. The number of rotatable bonds is 18. The van der Waals surface area contributed by atoms with Crippen LogP contribution in [-0.2, 0) is 13.1 Å². The molecule has 1 fully saturated rings. The second-order valence-corrected chi connectivity index (χ2v) is 8.90. The Morgan fingerprint density at radius 1 is 0.516 bits per heavy atom. The zero-order chi connectivity index (χ0) is 21.4. The molecule has 170 valence electrons. The summed E-state index contributed by atoms with van der Waals surface area (Å²) in [6.07, 6.45) is 6.41. The molecule has 2 aromatic rings. The molecule has 4 N–H and O–H groups in total. The van der Waals surface area contributed by atoms with Gasteiger partial charge in [0.1, 0.15) is 0 Å². The third-order valence-electron chi connectivity index (χ3n) is 6.14. The van der Waals surface area contributed by atoms with E-state index in [0.717, 1.165) is 51.1 Å².